The van der Waals surface area contributed by atoms with Crippen molar-refractivity contribution in [3.05, 3.63) is 60.2 Å². The van der Waals surface area contributed by atoms with Crippen molar-refractivity contribution in [3.63, 3.8) is 0 Å². The Bertz CT molecular complexity index is 619. The van der Waals surface area contributed by atoms with Crippen LogP contribution in [0.2, 0.25) is 0 Å². The molecule has 24 heavy (non-hydrogen) atoms. The topological polar surface area (TPSA) is 15.7 Å². The van der Waals surface area contributed by atoms with Crippen LogP contribution in [0.25, 0.3) is 0 Å². The maximum absolute atomic E-state index is 5.98. The number of benzene rings is 2. The van der Waals surface area contributed by atoms with Crippen LogP contribution in [0.15, 0.2) is 54.6 Å². The summed E-state index contributed by atoms with van der Waals surface area (Å²) in [6.45, 7) is 9.66. The molecule has 0 bridgehead atoms. The first-order valence-electron chi connectivity index (χ1n) is 8.99. The average Bonchev–Trinajstić information content (AvgIpc) is 2.61. The van der Waals surface area contributed by atoms with Gasteiger partial charge in [-0.15, -0.1) is 0 Å². The predicted molar refractivity (Wildman–Crippen MR) is 101 cm³/mol. The van der Waals surface area contributed by atoms with Crippen molar-refractivity contribution < 1.29 is 4.74 Å². The van der Waals surface area contributed by atoms with Gasteiger partial charge < -0.3 is 9.64 Å². The van der Waals surface area contributed by atoms with Crippen molar-refractivity contribution in [3.8, 4) is 5.75 Å². The van der Waals surface area contributed by atoms with Crippen LogP contribution < -0.4 is 9.64 Å². The molecule has 0 aliphatic carbocycles. The fourth-order valence-electron chi connectivity index (χ4n) is 3.22. The maximum Gasteiger partial charge on any atom is 0.142 e. The van der Waals surface area contributed by atoms with Crippen molar-refractivity contribution >= 4 is 5.69 Å². The fourth-order valence-corrected chi connectivity index (χ4v) is 3.22. The fraction of sp³-hybridized carbons (Fsp3) is 0.429. The highest BCUT2D eigenvalue weighted by atomic mass is 16.5. The summed E-state index contributed by atoms with van der Waals surface area (Å²) in [5.74, 6) is 1.00. The van der Waals surface area contributed by atoms with Crippen LogP contribution in [0.1, 0.15) is 19.4 Å². The van der Waals surface area contributed by atoms with Crippen molar-refractivity contribution in [2.45, 2.75) is 26.4 Å². The summed E-state index contributed by atoms with van der Waals surface area (Å²) in [6.07, 6.45) is 1.34. The molecule has 0 N–H and O–H groups in total. The van der Waals surface area contributed by atoms with Gasteiger partial charge in [-0.25, -0.2) is 0 Å². The van der Waals surface area contributed by atoms with Gasteiger partial charge in [0.25, 0.3) is 0 Å². The molecule has 3 nitrogen and oxygen atoms in total. The molecule has 1 aliphatic heterocycles. The minimum absolute atomic E-state index is 0.207. The molecule has 2 aromatic carbocycles. The number of ether oxygens (including phenoxy) is 1. The van der Waals surface area contributed by atoms with Gasteiger partial charge in [0.2, 0.25) is 0 Å². The van der Waals surface area contributed by atoms with E-state index >= 15 is 0 Å². The largest absolute Gasteiger partial charge is 0.489 e. The lowest BCUT2D eigenvalue weighted by molar-refractivity contribution is 0.238. The molecule has 3 rings (SSSR count). The van der Waals surface area contributed by atoms with Crippen molar-refractivity contribution in [2.75, 3.05) is 37.6 Å². The van der Waals surface area contributed by atoms with Crippen LogP contribution in [0, 0.1) is 0 Å². The Labute approximate surface area is 145 Å². The molecule has 1 saturated heterocycles. The molecule has 1 aliphatic rings. The molecule has 0 unspecified atom stereocenters. The van der Waals surface area contributed by atoms with E-state index in [-0.39, 0.29) is 6.10 Å². The summed E-state index contributed by atoms with van der Waals surface area (Å²) in [5, 5.41) is 0. The quantitative estimate of drug-likeness (QED) is 0.803. The normalized spacial score (nSPS) is 15.7. The van der Waals surface area contributed by atoms with Crippen LogP contribution in [-0.4, -0.2) is 43.7 Å². The molecular formula is C21H28N2O. The molecule has 1 heterocycles. The zero-order chi connectivity index (χ0) is 16.8. The molecule has 1 fully saturated rings. The van der Waals surface area contributed by atoms with Gasteiger partial charge in [-0.3, -0.25) is 4.90 Å². The number of hydrogen-bond acceptors (Lipinski definition) is 3. The van der Waals surface area contributed by atoms with Crippen LogP contribution in [0.3, 0.4) is 0 Å². The number of rotatable bonds is 6. The summed E-state index contributed by atoms with van der Waals surface area (Å²) >= 11 is 0. The van der Waals surface area contributed by atoms with E-state index in [1.54, 1.807) is 0 Å². The number of piperazine rings is 1. The van der Waals surface area contributed by atoms with Crippen LogP contribution in [0.4, 0.5) is 5.69 Å². The first-order chi connectivity index (χ1) is 11.7. The summed E-state index contributed by atoms with van der Waals surface area (Å²) in [7, 11) is 0. The third kappa shape index (κ3) is 4.51. The predicted octanol–water partition coefficient (Wildman–Crippen LogP) is 3.84. The third-order valence-corrected chi connectivity index (χ3v) is 4.50. The molecule has 3 heteroatoms. The molecule has 128 valence electrons. The van der Waals surface area contributed by atoms with Gasteiger partial charge in [0.05, 0.1) is 11.8 Å². The average molecular weight is 324 g/mol. The highest BCUT2D eigenvalue weighted by Gasteiger charge is 2.19. The number of hydrogen-bond donors (Lipinski definition) is 0. The van der Waals surface area contributed by atoms with E-state index in [2.05, 4.69) is 78.2 Å². The lowest BCUT2D eigenvalue weighted by atomic mass is 10.1. The van der Waals surface area contributed by atoms with Crippen LogP contribution >= 0.6 is 0 Å². The number of anilines is 1. The number of para-hydroxylation sites is 2. The molecule has 0 radical (unpaired) electrons. The lowest BCUT2D eigenvalue weighted by Gasteiger charge is -2.37. The Morgan fingerprint density at radius 3 is 2.25 bits per heavy atom. The molecule has 0 amide bonds. The second-order valence-corrected chi connectivity index (χ2v) is 6.70. The van der Waals surface area contributed by atoms with E-state index in [0.717, 1.165) is 44.9 Å². The van der Waals surface area contributed by atoms with Gasteiger partial charge in [-0.05, 0) is 38.0 Å². The van der Waals surface area contributed by atoms with E-state index < -0.39 is 0 Å². The SMILES string of the molecule is CC(C)Oc1ccccc1N1CCN(CCc2ccccc2)CC1. The Morgan fingerprint density at radius 1 is 0.875 bits per heavy atom. The summed E-state index contributed by atoms with van der Waals surface area (Å²) in [6, 6.07) is 19.2. The summed E-state index contributed by atoms with van der Waals surface area (Å²) < 4.78 is 5.98. The lowest BCUT2D eigenvalue weighted by Crippen LogP contribution is -2.47. The molecule has 0 aromatic heterocycles. The monoisotopic (exact) mass is 324 g/mol. The van der Waals surface area contributed by atoms with Crippen LogP contribution in [-0.2, 0) is 6.42 Å². The van der Waals surface area contributed by atoms with E-state index in [1.165, 1.54) is 11.3 Å². The molecular weight excluding hydrogens is 296 g/mol. The van der Waals surface area contributed by atoms with Gasteiger partial charge in [0.1, 0.15) is 5.75 Å². The van der Waals surface area contributed by atoms with Crippen LogP contribution in [0.5, 0.6) is 5.75 Å². The zero-order valence-electron chi connectivity index (χ0n) is 14.8. The number of nitrogens with zero attached hydrogens (tertiary/aromatic N) is 2. The Kier molecular flexibility index (Phi) is 5.76. The summed E-state index contributed by atoms with van der Waals surface area (Å²) in [5.41, 5.74) is 2.66. The molecule has 0 saturated carbocycles. The minimum Gasteiger partial charge on any atom is -0.489 e. The minimum atomic E-state index is 0.207. The highest BCUT2D eigenvalue weighted by molar-refractivity contribution is 5.58. The Balaban J connectivity index is 1.54. The van der Waals surface area contributed by atoms with Gasteiger partial charge >= 0.3 is 0 Å². The molecule has 0 spiro atoms. The van der Waals surface area contributed by atoms with E-state index in [0.29, 0.717) is 0 Å². The smallest absolute Gasteiger partial charge is 0.142 e. The second kappa shape index (κ2) is 8.20. The van der Waals surface area contributed by atoms with E-state index in [1.807, 2.05) is 0 Å². The van der Waals surface area contributed by atoms with Gasteiger partial charge in [-0.2, -0.15) is 0 Å². The first-order valence-corrected chi connectivity index (χ1v) is 8.99. The Morgan fingerprint density at radius 2 is 1.54 bits per heavy atom. The highest BCUT2D eigenvalue weighted by Crippen LogP contribution is 2.29. The summed E-state index contributed by atoms with van der Waals surface area (Å²) in [4.78, 5) is 5.02. The molecule has 0 atom stereocenters. The maximum atomic E-state index is 5.98. The third-order valence-electron chi connectivity index (χ3n) is 4.50. The standard InChI is InChI=1S/C21H28N2O/c1-18(2)24-21-11-7-6-10-20(21)23-16-14-22(15-17-23)13-12-19-8-4-3-5-9-19/h3-11,18H,12-17H2,1-2H3. The Hall–Kier alpha value is -2.00. The first kappa shape index (κ1) is 16.8. The van der Waals surface area contributed by atoms with Crippen molar-refractivity contribution in [1.82, 2.24) is 4.90 Å². The van der Waals surface area contributed by atoms with Gasteiger partial charge in [0.15, 0.2) is 0 Å². The second-order valence-electron chi connectivity index (χ2n) is 6.70. The van der Waals surface area contributed by atoms with E-state index in [9.17, 15) is 0 Å². The van der Waals surface area contributed by atoms with Crippen molar-refractivity contribution in [1.29, 1.82) is 0 Å². The van der Waals surface area contributed by atoms with Crippen molar-refractivity contribution in [2.24, 2.45) is 0 Å². The zero-order valence-corrected chi connectivity index (χ0v) is 14.8. The molecule has 2 aromatic rings. The van der Waals surface area contributed by atoms with Gasteiger partial charge in [-0.1, -0.05) is 42.5 Å². The van der Waals surface area contributed by atoms with E-state index in [4.69, 9.17) is 4.74 Å². The van der Waals surface area contributed by atoms with Gasteiger partial charge in [0, 0.05) is 32.7 Å².